The molecule has 0 aromatic heterocycles. The van der Waals surface area contributed by atoms with E-state index in [0.29, 0.717) is 11.3 Å². The summed E-state index contributed by atoms with van der Waals surface area (Å²) in [5.41, 5.74) is 3.31. The molecule has 0 aliphatic heterocycles. The van der Waals surface area contributed by atoms with E-state index in [1.807, 2.05) is 56.3 Å². The molecule has 1 aromatic rings. The Morgan fingerprint density at radius 3 is 2.68 bits per heavy atom. The Balaban J connectivity index is 3.03. The molecule has 0 unspecified atom stereocenters. The summed E-state index contributed by atoms with van der Waals surface area (Å²) in [5, 5.41) is 0. The Labute approximate surface area is 115 Å². The molecule has 0 aliphatic rings. The predicted octanol–water partition coefficient (Wildman–Crippen LogP) is 3.53. The first kappa shape index (κ1) is 14.8. The lowest BCUT2D eigenvalue weighted by molar-refractivity contribution is 0.101. The van der Waals surface area contributed by atoms with Gasteiger partial charge in [0.1, 0.15) is 0 Å². The van der Waals surface area contributed by atoms with E-state index < -0.39 is 0 Å². The van der Waals surface area contributed by atoms with Gasteiger partial charge in [-0.1, -0.05) is 30.7 Å². The third-order valence-corrected chi connectivity index (χ3v) is 2.78. The second kappa shape index (κ2) is 6.61. The van der Waals surface area contributed by atoms with E-state index in [2.05, 4.69) is 18.4 Å². The number of ketones is 1. The first-order chi connectivity index (χ1) is 8.95. The quantitative estimate of drug-likeness (QED) is 0.606. The third-order valence-electron chi connectivity index (χ3n) is 2.78. The number of Topliss-reactive ketones (excluding diaryl/α,β-unsaturated/α-hetero) is 1. The normalized spacial score (nSPS) is 9.89. The Bertz CT molecular complexity index is 585. The van der Waals surface area contributed by atoms with Crippen molar-refractivity contribution < 1.29 is 4.79 Å². The molecule has 0 amide bonds. The SMILES string of the molecule is C=C(C#Cc1cc(C(C)=O)ccc1C)N(C)/C=C\C. The minimum absolute atomic E-state index is 0.0490. The van der Waals surface area contributed by atoms with E-state index in [1.54, 1.807) is 6.92 Å². The van der Waals surface area contributed by atoms with Crippen LogP contribution in [-0.2, 0) is 0 Å². The lowest BCUT2D eigenvalue weighted by Crippen LogP contribution is -2.06. The number of hydrogen-bond acceptors (Lipinski definition) is 2. The number of rotatable bonds is 3. The van der Waals surface area contributed by atoms with E-state index in [-0.39, 0.29) is 5.78 Å². The van der Waals surface area contributed by atoms with Crippen molar-refractivity contribution in [1.82, 2.24) is 4.90 Å². The summed E-state index contributed by atoms with van der Waals surface area (Å²) >= 11 is 0. The smallest absolute Gasteiger partial charge is 0.159 e. The summed E-state index contributed by atoms with van der Waals surface area (Å²) < 4.78 is 0. The molecule has 0 fully saturated rings. The molecule has 0 aliphatic carbocycles. The summed E-state index contributed by atoms with van der Waals surface area (Å²) in [6, 6.07) is 5.57. The summed E-state index contributed by atoms with van der Waals surface area (Å²) in [6.07, 6.45) is 3.82. The molecular formula is C17H19NO. The Hall–Kier alpha value is -2.27. The number of hydrogen-bond donors (Lipinski definition) is 0. The Morgan fingerprint density at radius 2 is 2.11 bits per heavy atom. The van der Waals surface area contributed by atoms with Crippen LogP contribution in [0.5, 0.6) is 0 Å². The van der Waals surface area contributed by atoms with E-state index in [4.69, 9.17) is 0 Å². The monoisotopic (exact) mass is 253 g/mol. The van der Waals surface area contributed by atoms with Crippen molar-refractivity contribution in [2.45, 2.75) is 20.8 Å². The van der Waals surface area contributed by atoms with Crippen molar-refractivity contribution in [2.75, 3.05) is 7.05 Å². The zero-order chi connectivity index (χ0) is 14.4. The molecule has 98 valence electrons. The van der Waals surface area contributed by atoms with E-state index in [0.717, 1.165) is 11.1 Å². The molecule has 2 nitrogen and oxygen atoms in total. The van der Waals surface area contributed by atoms with Gasteiger partial charge in [-0.2, -0.15) is 0 Å². The summed E-state index contributed by atoms with van der Waals surface area (Å²) in [7, 11) is 1.90. The van der Waals surface area contributed by atoms with Crippen LogP contribution in [0.2, 0.25) is 0 Å². The van der Waals surface area contributed by atoms with E-state index in [9.17, 15) is 4.79 Å². The molecule has 1 rings (SSSR count). The van der Waals surface area contributed by atoms with E-state index in [1.165, 1.54) is 0 Å². The highest BCUT2D eigenvalue weighted by Gasteiger charge is 2.02. The molecule has 2 heteroatoms. The van der Waals surface area contributed by atoms with Gasteiger partial charge in [-0.25, -0.2) is 0 Å². The maximum absolute atomic E-state index is 11.4. The average molecular weight is 253 g/mol. The van der Waals surface area contributed by atoms with Crippen LogP contribution in [0.3, 0.4) is 0 Å². The van der Waals surface area contributed by atoms with Crippen LogP contribution in [0.25, 0.3) is 0 Å². The summed E-state index contributed by atoms with van der Waals surface area (Å²) in [4.78, 5) is 13.2. The lowest BCUT2D eigenvalue weighted by Gasteiger charge is -2.11. The van der Waals surface area contributed by atoms with Crippen LogP contribution in [0.4, 0.5) is 0 Å². The minimum Gasteiger partial charge on any atom is -0.345 e. The fourth-order valence-corrected chi connectivity index (χ4v) is 1.52. The number of benzene rings is 1. The third kappa shape index (κ3) is 4.15. The average Bonchev–Trinajstić information content (AvgIpc) is 2.37. The van der Waals surface area contributed by atoms with Crippen LogP contribution in [-0.4, -0.2) is 17.7 Å². The molecule has 0 radical (unpaired) electrons. The number of allylic oxidation sites excluding steroid dienone is 2. The van der Waals surface area contributed by atoms with Gasteiger partial charge in [-0.15, -0.1) is 0 Å². The first-order valence-corrected chi connectivity index (χ1v) is 6.14. The van der Waals surface area contributed by atoms with Gasteiger partial charge in [0.25, 0.3) is 0 Å². The molecule has 1 aromatic carbocycles. The van der Waals surface area contributed by atoms with Gasteiger partial charge in [0.05, 0.1) is 5.70 Å². The topological polar surface area (TPSA) is 20.3 Å². The van der Waals surface area contributed by atoms with Gasteiger partial charge in [0, 0.05) is 18.2 Å². The highest BCUT2D eigenvalue weighted by atomic mass is 16.1. The highest BCUT2D eigenvalue weighted by Crippen LogP contribution is 2.11. The predicted molar refractivity (Wildman–Crippen MR) is 79.8 cm³/mol. The summed E-state index contributed by atoms with van der Waals surface area (Å²) in [5.74, 6) is 6.13. The molecule has 0 bridgehead atoms. The van der Waals surface area contributed by atoms with Crippen molar-refractivity contribution in [2.24, 2.45) is 0 Å². The molecule has 0 N–H and O–H groups in total. The van der Waals surface area contributed by atoms with Crippen LogP contribution in [0, 0.1) is 18.8 Å². The van der Waals surface area contributed by atoms with Gasteiger partial charge >= 0.3 is 0 Å². The van der Waals surface area contributed by atoms with Gasteiger partial charge in [-0.05, 0) is 44.5 Å². The van der Waals surface area contributed by atoms with E-state index >= 15 is 0 Å². The highest BCUT2D eigenvalue weighted by molar-refractivity contribution is 5.94. The Kier molecular flexibility index (Phi) is 5.14. The number of nitrogens with zero attached hydrogens (tertiary/aromatic N) is 1. The minimum atomic E-state index is 0.0490. The van der Waals surface area contributed by atoms with Gasteiger partial charge in [-0.3, -0.25) is 4.79 Å². The molecule has 19 heavy (non-hydrogen) atoms. The van der Waals surface area contributed by atoms with Crippen molar-refractivity contribution >= 4 is 5.78 Å². The lowest BCUT2D eigenvalue weighted by atomic mass is 10.0. The zero-order valence-electron chi connectivity index (χ0n) is 11.9. The second-order valence-corrected chi connectivity index (χ2v) is 4.38. The number of carbonyl (C=O) groups is 1. The number of aryl methyl sites for hydroxylation is 1. The summed E-state index contributed by atoms with van der Waals surface area (Å²) in [6.45, 7) is 9.39. The number of carbonyl (C=O) groups excluding carboxylic acids is 1. The zero-order valence-corrected chi connectivity index (χ0v) is 11.9. The maximum Gasteiger partial charge on any atom is 0.159 e. The molecule has 0 saturated carbocycles. The standard InChI is InChI=1S/C17H19NO/c1-6-11-18(5)14(3)8-10-16-12-17(15(4)19)9-7-13(16)2/h6-7,9,11-12H,3H2,1-2,4-5H3/b11-6-. The maximum atomic E-state index is 11.4. The van der Waals surface area contributed by atoms with Gasteiger partial charge < -0.3 is 4.90 Å². The van der Waals surface area contributed by atoms with Gasteiger partial charge in [0.15, 0.2) is 5.78 Å². The van der Waals surface area contributed by atoms with Crippen molar-refractivity contribution in [3.8, 4) is 11.8 Å². The van der Waals surface area contributed by atoms with Crippen LogP contribution >= 0.6 is 0 Å². The molecular weight excluding hydrogens is 234 g/mol. The fraction of sp³-hybridized carbons (Fsp3) is 0.235. The first-order valence-electron chi connectivity index (χ1n) is 6.14. The second-order valence-electron chi connectivity index (χ2n) is 4.38. The van der Waals surface area contributed by atoms with Crippen molar-refractivity contribution in [1.29, 1.82) is 0 Å². The molecule has 0 saturated heterocycles. The van der Waals surface area contributed by atoms with Crippen LogP contribution in [0.1, 0.15) is 35.3 Å². The fourth-order valence-electron chi connectivity index (χ4n) is 1.52. The van der Waals surface area contributed by atoms with Gasteiger partial charge in [0.2, 0.25) is 0 Å². The van der Waals surface area contributed by atoms with Crippen molar-refractivity contribution in [3.05, 3.63) is 59.4 Å². The van der Waals surface area contributed by atoms with Crippen LogP contribution < -0.4 is 0 Å². The van der Waals surface area contributed by atoms with Crippen molar-refractivity contribution in [3.63, 3.8) is 0 Å². The molecule has 0 spiro atoms. The van der Waals surface area contributed by atoms with Crippen LogP contribution in [0.15, 0.2) is 42.8 Å². The molecule has 0 atom stereocenters. The Morgan fingerprint density at radius 1 is 1.42 bits per heavy atom. The molecule has 0 heterocycles. The largest absolute Gasteiger partial charge is 0.345 e.